The van der Waals surface area contributed by atoms with Gasteiger partial charge in [0, 0.05) is 12.1 Å². The molecule has 0 amide bonds. The summed E-state index contributed by atoms with van der Waals surface area (Å²) in [5.74, 6) is 0.141. The van der Waals surface area contributed by atoms with E-state index < -0.39 is 0 Å². The zero-order valence-electron chi connectivity index (χ0n) is 8.31. The van der Waals surface area contributed by atoms with Gasteiger partial charge in [-0.05, 0) is 43.9 Å². The SMILES string of the molecule is NCCC(=O)c1cc2c([nH]1)CCCC2. The summed E-state index contributed by atoms with van der Waals surface area (Å²) >= 11 is 0. The lowest BCUT2D eigenvalue weighted by Gasteiger charge is -2.08. The molecule has 76 valence electrons. The quantitative estimate of drug-likeness (QED) is 0.712. The van der Waals surface area contributed by atoms with Crippen molar-refractivity contribution in [2.24, 2.45) is 5.73 Å². The van der Waals surface area contributed by atoms with Gasteiger partial charge in [0.15, 0.2) is 5.78 Å². The molecule has 0 atom stereocenters. The Morgan fingerprint density at radius 1 is 1.43 bits per heavy atom. The smallest absolute Gasteiger partial charge is 0.180 e. The van der Waals surface area contributed by atoms with E-state index >= 15 is 0 Å². The van der Waals surface area contributed by atoms with Crippen molar-refractivity contribution in [2.45, 2.75) is 32.1 Å². The van der Waals surface area contributed by atoms with E-state index in [9.17, 15) is 4.79 Å². The lowest BCUT2D eigenvalue weighted by Crippen LogP contribution is -2.08. The number of hydrogen-bond donors (Lipinski definition) is 2. The molecule has 0 bridgehead atoms. The Hall–Kier alpha value is -1.09. The van der Waals surface area contributed by atoms with Crippen LogP contribution in [0.1, 0.15) is 41.0 Å². The highest BCUT2D eigenvalue weighted by molar-refractivity contribution is 5.94. The highest BCUT2D eigenvalue weighted by Gasteiger charge is 2.15. The molecule has 1 aromatic rings. The van der Waals surface area contributed by atoms with Crippen LogP contribution >= 0.6 is 0 Å². The molecular formula is C11H16N2O. The first-order valence-corrected chi connectivity index (χ1v) is 5.25. The van der Waals surface area contributed by atoms with E-state index in [1.165, 1.54) is 24.1 Å². The van der Waals surface area contributed by atoms with Crippen LogP contribution in [-0.4, -0.2) is 17.3 Å². The molecule has 3 nitrogen and oxygen atoms in total. The normalized spacial score (nSPS) is 15.2. The molecule has 0 saturated heterocycles. The summed E-state index contributed by atoms with van der Waals surface area (Å²) in [6.45, 7) is 0.433. The maximum atomic E-state index is 11.6. The Morgan fingerprint density at radius 3 is 2.93 bits per heavy atom. The fraction of sp³-hybridized carbons (Fsp3) is 0.545. The number of H-pyrrole nitrogens is 1. The number of carbonyl (C=O) groups excluding carboxylic acids is 1. The lowest BCUT2D eigenvalue weighted by molar-refractivity contribution is 0.0981. The molecule has 0 spiro atoms. The molecule has 0 radical (unpaired) electrons. The van der Waals surface area contributed by atoms with Gasteiger partial charge in [-0.3, -0.25) is 4.79 Å². The second-order valence-electron chi connectivity index (χ2n) is 3.86. The molecule has 0 aromatic carbocycles. The molecule has 3 N–H and O–H groups in total. The number of aromatic nitrogens is 1. The van der Waals surface area contributed by atoms with Crippen molar-refractivity contribution in [1.82, 2.24) is 4.98 Å². The van der Waals surface area contributed by atoms with Gasteiger partial charge in [0.2, 0.25) is 0 Å². The summed E-state index contributed by atoms with van der Waals surface area (Å²) in [4.78, 5) is 14.8. The van der Waals surface area contributed by atoms with Crippen LogP contribution in [0, 0.1) is 0 Å². The highest BCUT2D eigenvalue weighted by Crippen LogP contribution is 2.21. The number of Topliss-reactive ketones (excluding diaryl/α,β-unsaturated/α-hetero) is 1. The van der Waals surface area contributed by atoms with E-state index in [2.05, 4.69) is 4.98 Å². The van der Waals surface area contributed by atoms with E-state index in [1.54, 1.807) is 0 Å². The molecule has 1 aromatic heterocycles. The van der Waals surface area contributed by atoms with Crippen LogP contribution in [0.4, 0.5) is 0 Å². The van der Waals surface area contributed by atoms with E-state index in [0.717, 1.165) is 18.5 Å². The predicted octanol–water partition coefficient (Wildman–Crippen LogP) is 1.43. The Balaban J connectivity index is 2.19. The van der Waals surface area contributed by atoms with E-state index in [1.807, 2.05) is 6.07 Å². The number of carbonyl (C=O) groups is 1. The average molecular weight is 192 g/mol. The third kappa shape index (κ3) is 1.73. The number of nitrogens with one attached hydrogen (secondary N) is 1. The highest BCUT2D eigenvalue weighted by atomic mass is 16.1. The van der Waals surface area contributed by atoms with Crippen molar-refractivity contribution < 1.29 is 4.79 Å². The number of nitrogens with two attached hydrogens (primary N) is 1. The second-order valence-corrected chi connectivity index (χ2v) is 3.86. The van der Waals surface area contributed by atoms with Crippen molar-refractivity contribution in [2.75, 3.05) is 6.54 Å². The Kier molecular flexibility index (Phi) is 2.68. The van der Waals surface area contributed by atoms with E-state index in [4.69, 9.17) is 5.73 Å². The zero-order valence-corrected chi connectivity index (χ0v) is 8.31. The van der Waals surface area contributed by atoms with Gasteiger partial charge in [-0.2, -0.15) is 0 Å². The monoisotopic (exact) mass is 192 g/mol. The van der Waals surface area contributed by atoms with Gasteiger partial charge in [0.25, 0.3) is 0 Å². The largest absolute Gasteiger partial charge is 0.356 e. The minimum atomic E-state index is 0.141. The maximum absolute atomic E-state index is 11.6. The average Bonchev–Trinajstić information content (AvgIpc) is 2.61. The van der Waals surface area contributed by atoms with Crippen LogP contribution < -0.4 is 5.73 Å². The number of aryl methyl sites for hydroxylation is 2. The molecule has 0 aliphatic heterocycles. The number of aromatic amines is 1. The second kappa shape index (κ2) is 3.96. The maximum Gasteiger partial charge on any atom is 0.180 e. The van der Waals surface area contributed by atoms with Crippen molar-refractivity contribution in [3.63, 3.8) is 0 Å². The molecule has 1 aliphatic rings. The molecular weight excluding hydrogens is 176 g/mol. The lowest BCUT2D eigenvalue weighted by atomic mass is 9.98. The van der Waals surface area contributed by atoms with Gasteiger partial charge in [-0.15, -0.1) is 0 Å². The van der Waals surface area contributed by atoms with E-state index in [-0.39, 0.29) is 5.78 Å². The van der Waals surface area contributed by atoms with Crippen LogP contribution in [0.3, 0.4) is 0 Å². The Morgan fingerprint density at radius 2 is 2.21 bits per heavy atom. The summed E-state index contributed by atoms with van der Waals surface area (Å²) in [5.41, 5.74) is 8.70. The third-order valence-electron chi connectivity index (χ3n) is 2.79. The first-order chi connectivity index (χ1) is 6.81. The third-order valence-corrected chi connectivity index (χ3v) is 2.79. The van der Waals surface area contributed by atoms with Crippen LogP contribution in [0.2, 0.25) is 0 Å². The number of fused-ring (bicyclic) bond motifs is 1. The summed E-state index contributed by atoms with van der Waals surface area (Å²) < 4.78 is 0. The van der Waals surface area contributed by atoms with Crippen molar-refractivity contribution in [3.05, 3.63) is 23.0 Å². The minimum Gasteiger partial charge on any atom is -0.356 e. The number of rotatable bonds is 3. The molecule has 0 unspecified atom stereocenters. The molecule has 3 heteroatoms. The van der Waals surface area contributed by atoms with Crippen LogP contribution in [0.15, 0.2) is 6.07 Å². The number of ketones is 1. The Labute approximate surface area is 83.7 Å². The molecule has 14 heavy (non-hydrogen) atoms. The summed E-state index contributed by atoms with van der Waals surface area (Å²) in [5, 5.41) is 0. The van der Waals surface area contributed by atoms with Crippen molar-refractivity contribution >= 4 is 5.78 Å². The minimum absolute atomic E-state index is 0.141. The molecule has 1 aliphatic carbocycles. The van der Waals surface area contributed by atoms with Gasteiger partial charge in [-0.25, -0.2) is 0 Å². The number of hydrogen-bond acceptors (Lipinski definition) is 2. The Bertz CT molecular complexity index is 318. The van der Waals surface area contributed by atoms with E-state index in [0.29, 0.717) is 13.0 Å². The van der Waals surface area contributed by atoms with Crippen LogP contribution in [-0.2, 0) is 12.8 Å². The van der Waals surface area contributed by atoms with Crippen molar-refractivity contribution in [1.29, 1.82) is 0 Å². The fourth-order valence-electron chi connectivity index (χ4n) is 2.02. The summed E-state index contributed by atoms with van der Waals surface area (Å²) in [6, 6.07) is 2.01. The molecule has 1 heterocycles. The summed E-state index contributed by atoms with van der Waals surface area (Å²) in [6.07, 6.45) is 5.12. The van der Waals surface area contributed by atoms with Gasteiger partial charge in [0.1, 0.15) is 0 Å². The van der Waals surface area contributed by atoms with Crippen molar-refractivity contribution in [3.8, 4) is 0 Å². The fourth-order valence-corrected chi connectivity index (χ4v) is 2.02. The van der Waals surface area contributed by atoms with Crippen LogP contribution in [0.25, 0.3) is 0 Å². The topological polar surface area (TPSA) is 58.9 Å². The molecule has 0 fully saturated rings. The van der Waals surface area contributed by atoms with Crippen LogP contribution in [0.5, 0.6) is 0 Å². The van der Waals surface area contributed by atoms with Gasteiger partial charge in [-0.1, -0.05) is 0 Å². The van der Waals surface area contributed by atoms with Gasteiger partial charge >= 0.3 is 0 Å². The standard InChI is InChI=1S/C11H16N2O/c12-6-5-11(14)10-7-8-3-1-2-4-9(8)13-10/h7,13H,1-6,12H2. The van der Waals surface area contributed by atoms with Gasteiger partial charge < -0.3 is 10.7 Å². The van der Waals surface area contributed by atoms with Gasteiger partial charge in [0.05, 0.1) is 5.69 Å². The first kappa shape index (κ1) is 9.46. The molecule has 2 rings (SSSR count). The first-order valence-electron chi connectivity index (χ1n) is 5.25. The zero-order chi connectivity index (χ0) is 9.97. The predicted molar refractivity (Wildman–Crippen MR) is 55.4 cm³/mol. The summed E-state index contributed by atoms with van der Waals surface area (Å²) in [7, 11) is 0. The molecule has 0 saturated carbocycles.